The monoisotopic (exact) mass is 329 g/mol. The molecule has 1 amide bonds. The molecule has 24 heavy (non-hydrogen) atoms. The van der Waals surface area contributed by atoms with Crippen LogP contribution in [0, 0.1) is 5.82 Å². The summed E-state index contributed by atoms with van der Waals surface area (Å²) >= 11 is 0. The summed E-state index contributed by atoms with van der Waals surface area (Å²) in [6.07, 6.45) is 3.03. The number of aliphatic hydroxyl groups is 1. The molecule has 0 aliphatic heterocycles. The van der Waals surface area contributed by atoms with Crippen molar-refractivity contribution in [1.82, 2.24) is 4.90 Å². The molecule has 1 N–H and O–H groups in total. The van der Waals surface area contributed by atoms with Gasteiger partial charge in [0, 0.05) is 24.7 Å². The third-order valence-corrected chi connectivity index (χ3v) is 3.52. The first-order chi connectivity index (χ1) is 11.6. The number of rotatable bonds is 7. The van der Waals surface area contributed by atoms with Gasteiger partial charge in [0.1, 0.15) is 11.6 Å². The predicted molar refractivity (Wildman–Crippen MR) is 90.9 cm³/mol. The van der Waals surface area contributed by atoms with Gasteiger partial charge in [0.2, 0.25) is 5.91 Å². The molecule has 5 heteroatoms. The van der Waals surface area contributed by atoms with Gasteiger partial charge in [0.25, 0.3) is 0 Å². The fourth-order valence-corrected chi connectivity index (χ4v) is 2.27. The second-order valence-corrected chi connectivity index (χ2v) is 5.18. The van der Waals surface area contributed by atoms with Crippen LogP contribution in [0.3, 0.4) is 0 Å². The Balaban J connectivity index is 2.11. The number of carbonyl (C=O) groups is 1. The molecule has 0 aliphatic rings. The van der Waals surface area contributed by atoms with Crippen molar-refractivity contribution in [2.75, 3.05) is 20.3 Å². The van der Waals surface area contributed by atoms with Crippen molar-refractivity contribution in [2.45, 2.75) is 6.54 Å². The standard InChI is InChI=1S/C19H20FNO3/c1-24-18-5-3-2-4-16(18)14-21(12-13-22)19(23)11-8-15-6-9-17(20)10-7-15/h2-11,22H,12-14H2,1H3/b11-8+. The number of amides is 1. The topological polar surface area (TPSA) is 49.8 Å². The van der Waals surface area contributed by atoms with Gasteiger partial charge in [-0.1, -0.05) is 30.3 Å². The van der Waals surface area contributed by atoms with E-state index in [1.807, 2.05) is 24.3 Å². The average molecular weight is 329 g/mol. The molecule has 0 atom stereocenters. The Bertz CT molecular complexity index is 698. The largest absolute Gasteiger partial charge is 0.496 e. The van der Waals surface area contributed by atoms with Crippen LogP contribution in [0.5, 0.6) is 5.75 Å². The minimum Gasteiger partial charge on any atom is -0.496 e. The van der Waals surface area contributed by atoms with E-state index in [1.165, 1.54) is 23.1 Å². The highest BCUT2D eigenvalue weighted by atomic mass is 19.1. The molecule has 0 heterocycles. The van der Waals surface area contributed by atoms with E-state index in [0.717, 1.165) is 11.1 Å². The third-order valence-electron chi connectivity index (χ3n) is 3.52. The van der Waals surface area contributed by atoms with E-state index in [2.05, 4.69) is 0 Å². The number of benzene rings is 2. The van der Waals surface area contributed by atoms with E-state index in [1.54, 1.807) is 25.3 Å². The summed E-state index contributed by atoms with van der Waals surface area (Å²) in [5.41, 5.74) is 1.59. The smallest absolute Gasteiger partial charge is 0.246 e. The molecule has 126 valence electrons. The molecule has 2 aromatic carbocycles. The number of halogens is 1. The maximum atomic E-state index is 12.9. The Hall–Kier alpha value is -2.66. The molecule has 0 aromatic heterocycles. The van der Waals surface area contributed by atoms with E-state index in [0.29, 0.717) is 12.3 Å². The maximum absolute atomic E-state index is 12.9. The van der Waals surface area contributed by atoms with Gasteiger partial charge in [-0.2, -0.15) is 0 Å². The van der Waals surface area contributed by atoms with Gasteiger partial charge in [0.05, 0.1) is 13.7 Å². The first-order valence-corrected chi connectivity index (χ1v) is 7.59. The lowest BCUT2D eigenvalue weighted by molar-refractivity contribution is -0.127. The Morgan fingerprint density at radius 2 is 1.92 bits per heavy atom. The average Bonchev–Trinajstić information content (AvgIpc) is 2.61. The zero-order valence-electron chi connectivity index (χ0n) is 13.5. The van der Waals surface area contributed by atoms with Crippen molar-refractivity contribution in [2.24, 2.45) is 0 Å². The zero-order valence-corrected chi connectivity index (χ0v) is 13.5. The van der Waals surface area contributed by atoms with E-state index in [-0.39, 0.29) is 24.9 Å². The fourth-order valence-electron chi connectivity index (χ4n) is 2.27. The van der Waals surface area contributed by atoms with E-state index in [9.17, 15) is 14.3 Å². The minimum atomic E-state index is -0.323. The normalized spacial score (nSPS) is 10.8. The van der Waals surface area contributed by atoms with Gasteiger partial charge >= 0.3 is 0 Å². The lowest BCUT2D eigenvalue weighted by atomic mass is 10.1. The van der Waals surface area contributed by atoms with Crippen LogP contribution >= 0.6 is 0 Å². The molecule has 0 bridgehead atoms. The summed E-state index contributed by atoms with van der Waals surface area (Å²) in [6, 6.07) is 13.3. The van der Waals surface area contributed by atoms with Gasteiger partial charge in [-0.05, 0) is 29.8 Å². The number of aliphatic hydroxyl groups excluding tert-OH is 1. The lowest BCUT2D eigenvalue weighted by Gasteiger charge is -2.21. The van der Waals surface area contributed by atoms with Crippen LogP contribution in [0.15, 0.2) is 54.6 Å². The summed E-state index contributed by atoms with van der Waals surface area (Å²) in [5.74, 6) is 0.131. The van der Waals surface area contributed by atoms with Crippen LogP contribution < -0.4 is 4.74 Å². The Kier molecular flexibility index (Phi) is 6.51. The zero-order chi connectivity index (χ0) is 17.4. The number of methoxy groups -OCH3 is 1. The van der Waals surface area contributed by atoms with Gasteiger partial charge < -0.3 is 14.7 Å². The highest BCUT2D eigenvalue weighted by Gasteiger charge is 2.13. The van der Waals surface area contributed by atoms with Crippen LogP contribution in [-0.4, -0.2) is 36.2 Å². The molecule has 2 rings (SSSR count). The Morgan fingerprint density at radius 3 is 2.58 bits per heavy atom. The maximum Gasteiger partial charge on any atom is 0.246 e. The van der Waals surface area contributed by atoms with Crippen molar-refractivity contribution >= 4 is 12.0 Å². The second-order valence-electron chi connectivity index (χ2n) is 5.18. The van der Waals surface area contributed by atoms with Crippen LogP contribution in [-0.2, 0) is 11.3 Å². The molecule has 4 nitrogen and oxygen atoms in total. The molecule has 0 aliphatic carbocycles. The van der Waals surface area contributed by atoms with Gasteiger partial charge in [0.15, 0.2) is 0 Å². The summed E-state index contributed by atoms with van der Waals surface area (Å²) < 4.78 is 18.2. The van der Waals surface area contributed by atoms with Crippen molar-refractivity contribution in [3.8, 4) is 5.75 Å². The van der Waals surface area contributed by atoms with Gasteiger partial charge in [-0.3, -0.25) is 4.79 Å². The number of carbonyl (C=O) groups excluding carboxylic acids is 1. The van der Waals surface area contributed by atoms with Crippen LogP contribution in [0.4, 0.5) is 4.39 Å². The summed E-state index contributed by atoms with van der Waals surface area (Å²) in [7, 11) is 1.57. The van der Waals surface area contributed by atoms with Gasteiger partial charge in [-0.15, -0.1) is 0 Å². The quantitative estimate of drug-likeness (QED) is 0.795. The van der Waals surface area contributed by atoms with Crippen molar-refractivity contribution in [3.63, 3.8) is 0 Å². The molecule has 0 saturated carbocycles. The van der Waals surface area contributed by atoms with Gasteiger partial charge in [-0.25, -0.2) is 4.39 Å². The van der Waals surface area contributed by atoms with Crippen LogP contribution in [0.25, 0.3) is 6.08 Å². The number of nitrogens with zero attached hydrogens (tertiary/aromatic N) is 1. The summed E-state index contributed by atoms with van der Waals surface area (Å²) in [6.45, 7) is 0.410. The molecular formula is C19H20FNO3. The molecular weight excluding hydrogens is 309 g/mol. The first-order valence-electron chi connectivity index (χ1n) is 7.59. The lowest BCUT2D eigenvalue weighted by Crippen LogP contribution is -2.31. The molecule has 0 spiro atoms. The second kappa shape index (κ2) is 8.84. The highest BCUT2D eigenvalue weighted by Crippen LogP contribution is 2.19. The summed E-state index contributed by atoms with van der Waals surface area (Å²) in [5, 5.41) is 9.21. The van der Waals surface area contributed by atoms with E-state index < -0.39 is 0 Å². The Labute approximate surface area is 140 Å². The SMILES string of the molecule is COc1ccccc1CN(CCO)C(=O)/C=C/c1ccc(F)cc1. The molecule has 2 aromatic rings. The molecule has 0 saturated heterocycles. The molecule has 0 fully saturated rings. The minimum absolute atomic E-state index is 0.134. The van der Waals surface area contributed by atoms with Crippen LogP contribution in [0.2, 0.25) is 0 Å². The molecule has 0 radical (unpaired) electrons. The number of hydrogen-bond acceptors (Lipinski definition) is 3. The van der Waals surface area contributed by atoms with Crippen LogP contribution in [0.1, 0.15) is 11.1 Å². The Morgan fingerprint density at radius 1 is 1.21 bits per heavy atom. The third kappa shape index (κ3) is 4.93. The number of para-hydroxylation sites is 1. The predicted octanol–water partition coefficient (Wildman–Crippen LogP) is 2.87. The van der Waals surface area contributed by atoms with E-state index >= 15 is 0 Å². The number of hydrogen-bond donors (Lipinski definition) is 1. The fraction of sp³-hybridized carbons (Fsp3) is 0.211. The molecule has 0 unspecified atom stereocenters. The highest BCUT2D eigenvalue weighted by molar-refractivity contribution is 5.91. The van der Waals surface area contributed by atoms with Crippen molar-refractivity contribution in [3.05, 3.63) is 71.6 Å². The first kappa shape index (κ1) is 17.7. The number of ether oxygens (including phenoxy) is 1. The van der Waals surface area contributed by atoms with Crippen molar-refractivity contribution < 1.29 is 19.0 Å². The summed E-state index contributed by atoms with van der Waals surface area (Å²) in [4.78, 5) is 13.9. The van der Waals surface area contributed by atoms with E-state index in [4.69, 9.17) is 4.74 Å². The van der Waals surface area contributed by atoms with Crippen molar-refractivity contribution in [1.29, 1.82) is 0 Å².